The number of urea groups is 1. The van der Waals surface area contributed by atoms with E-state index in [0.29, 0.717) is 17.5 Å². The topological polar surface area (TPSA) is 69.6 Å². The van der Waals surface area contributed by atoms with Crippen molar-refractivity contribution in [2.75, 3.05) is 11.9 Å². The summed E-state index contributed by atoms with van der Waals surface area (Å²) in [6, 6.07) is 4.44. The number of aromatic carboxylic acids is 1. The average molecular weight is 311 g/mol. The van der Waals surface area contributed by atoms with Gasteiger partial charge in [-0.3, -0.25) is 0 Å². The zero-order chi connectivity index (χ0) is 15.6. The number of hydrogen-bond donors (Lipinski definition) is 2. The van der Waals surface area contributed by atoms with E-state index in [1.54, 1.807) is 11.0 Å². The van der Waals surface area contributed by atoms with Gasteiger partial charge in [0.2, 0.25) is 0 Å². The van der Waals surface area contributed by atoms with Gasteiger partial charge in [-0.1, -0.05) is 25.4 Å². The van der Waals surface area contributed by atoms with Crippen LogP contribution in [0.25, 0.3) is 0 Å². The Labute approximate surface area is 128 Å². The molecule has 5 nitrogen and oxygen atoms in total. The van der Waals surface area contributed by atoms with Crippen molar-refractivity contribution >= 4 is 29.3 Å². The molecule has 0 unspecified atom stereocenters. The summed E-state index contributed by atoms with van der Waals surface area (Å²) in [5, 5.41) is 12.2. The van der Waals surface area contributed by atoms with Crippen molar-refractivity contribution in [2.45, 2.75) is 32.7 Å². The van der Waals surface area contributed by atoms with Gasteiger partial charge in [0.25, 0.3) is 0 Å². The fourth-order valence-corrected chi connectivity index (χ4v) is 2.34. The highest BCUT2D eigenvalue weighted by Crippen LogP contribution is 2.29. The SMILES string of the molecule is CC(C)CN(C(=O)Nc1ccc(Cl)cc1C(=O)O)C1CC1. The molecule has 0 aliphatic heterocycles. The maximum absolute atomic E-state index is 12.4. The zero-order valence-electron chi connectivity index (χ0n) is 12.1. The second-order valence-corrected chi connectivity index (χ2v) is 6.14. The number of hydrogen-bond acceptors (Lipinski definition) is 2. The minimum Gasteiger partial charge on any atom is -0.478 e. The van der Waals surface area contributed by atoms with Crippen LogP contribution in [0.5, 0.6) is 0 Å². The molecule has 1 saturated carbocycles. The molecule has 0 radical (unpaired) electrons. The molecule has 0 aromatic heterocycles. The molecule has 6 heteroatoms. The second kappa shape index (κ2) is 6.35. The summed E-state index contributed by atoms with van der Waals surface area (Å²) in [6.07, 6.45) is 2.01. The molecule has 21 heavy (non-hydrogen) atoms. The molecule has 1 aromatic rings. The maximum Gasteiger partial charge on any atom is 0.337 e. The second-order valence-electron chi connectivity index (χ2n) is 5.70. The Bertz CT molecular complexity index is 556. The smallest absolute Gasteiger partial charge is 0.337 e. The lowest BCUT2D eigenvalue weighted by Gasteiger charge is -2.25. The van der Waals surface area contributed by atoms with Crippen molar-refractivity contribution in [3.8, 4) is 0 Å². The van der Waals surface area contributed by atoms with E-state index in [2.05, 4.69) is 5.32 Å². The van der Waals surface area contributed by atoms with Crippen LogP contribution in [0.4, 0.5) is 10.5 Å². The van der Waals surface area contributed by atoms with Crippen LogP contribution in [0, 0.1) is 5.92 Å². The summed E-state index contributed by atoms with van der Waals surface area (Å²) < 4.78 is 0. The minimum absolute atomic E-state index is 0.00357. The van der Waals surface area contributed by atoms with Crippen molar-refractivity contribution in [2.24, 2.45) is 5.92 Å². The third kappa shape index (κ3) is 4.11. The van der Waals surface area contributed by atoms with Gasteiger partial charge in [0.05, 0.1) is 11.3 Å². The highest BCUT2D eigenvalue weighted by molar-refractivity contribution is 6.31. The molecular weight excluding hydrogens is 292 g/mol. The first-order valence-electron chi connectivity index (χ1n) is 6.99. The van der Waals surface area contributed by atoms with Crippen LogP contribution in [0.1, 0.15) is 37.0 Å². The van der Waals surface area contributed by atoms with Gasteiger partial charge < -0.3 is 15.3 Å². The molecule has 1 fully saturated rings. The molecule has 2 N–H and O–H groups in total. The van der Waals surface area contributed by atoms with Gasteiger partial charge in [-0.2, -0.15) is 0 Å². The van der Waals surface area contributed by atoms with E-state index in [4.69, 9.17) is 11.6 Å². The molecule has 0 saturated heterocycles. The number of carboxylic acid groups (broad SMARTS) is 1. The van der Waals surface area contributed by atoms with Gasteiger partial charge in [0, 0.05) is 17.6 Å². The van der Waals surface area contributed by atoms with Gasteiger partial charge in [-0.05, 0) is 37.0 Å². The summed E-state index contributed by atoms with van der Waals surface area (Å²) in [4.78, 5) is 25.4. The highest BCUT2D eigenvalue weighted by Gasteiger charge is 2.33. The third-order valence-electron chi connectivity index (χ3n) is 3.26. The van der Waals surface area contributed by atoms with Crippen molar-refractivity contribution < 1.29 is 14.7 Å². The van der Waals surface area contributed by atoms with Crippen molar-refractivity contribution in [1.29, 1.82) is 0 Å². The molecule has 114 valence electrons. The minimum atomic E-state index is -1.12. The first-order valence-corrected chi connectivity index (χ1v) is 7.36. The van der Waals surface area contributed by atoms with Crippen LogP contribution >= 0.6 is 11.6 Å². The fourth-order valence-electron chi connectivity index (χ4n) is 2.17. The van der Waals surface area contributed by atoms with Crippen molar-refractivity contribution in [3.05, 3.63) is 28.8 Å². The number of rotatable bonds is 5. The monoisotopic (exact) mass is 310 g/mol. The van der Waals surface area contributed by atoms with E-state index in [-0.39, 0.29) is 23.3 Å². The quantitative estimate of drug-likeness (QED) is 0.871. The van der Waals surface area contributed by atoms with Crippen LogP contribution in [-0.2, 0) is 0 Å². The van der Waals surface area contributed by atoms with Gasteiger partial charge in [0.1, 0.15) is 0 Å². The number of carbonyl (C=O) groups is 2. The van der Waals surface area contributed by atoms with E-state index < -0.39 is 5.97 Å². The normalized spacial score (nSPS) is 14.1. The van der Waals surface area contributed by atoms with Gasteiger partial charge in [-0.15, -0.1) is 0 Å². The van der Waals surface area contributed by atoms with Gasteiger partial charge in [-0.25, -0.2) is 9.59 Å². The predicted octanol–water partition coefficient (Wildman–Crippen LogP) is 3.69. The Morgan fingerprint density at radius 1 is 1.43 bits per heavy atom. The van der Waals surface area contributed by atoms with E-state index in [0.717, 1.165) is 12.8 Å². The summed E-state index contributed by atoms with van der Waals surface area (Å²) >= 11 is 5.80. The van der Waals surface area contributed by atoms with Gasteiger partial charge >= 0.3 is 12.0 Å². The first kappa shape index (κ1) is 15.6. The number of halogens is 1. The number of anilines is 1. The Kier molecular flexibility index (Phi) is 4.73. The lowest BCUT2D eigenvalue weighted by atomic mass is 10.1. The lowest BCUT2D eigenvalue weighted by molar-refractivity contribution is 0.0698. The molecule has 0 bridgehead atoms. The molecule has 1 aliphatic rings. The Morgan fingerprint density at radius 3 is 2.62 bits per heavy atom. The molecule has 1 aliphatic carbocycles. The molecular formula is C15H19ClN2O3. The molecule has 2 amide bonds. The summed E-state index contributed by atoms with van der Waals surface area (Å²) in [5.41, 5.74) is 0.266. The predicted molar refractivity (Wildman–Crippen MR) is 82.0 cm³/mol. The number of nitrogens with one attached hydrogen (secondary N) is 1. The van der Waals surface area contributed by atoms with Crippen LogP contribution in [0.15, 0.2) is 18.2 Å². The standard InChI is InChI=1S/C15H19ClN2O3/c1-9(2)8-18(11-4-5-11)15(21)17-13-6-3-10(16)7-12(13)14(19)20/h3,6-7,9,11H,4-5,8H2,1-2H3,(H,17,21)(H,19,20). The highest BCUT2D eigenvalue weighted by atomic mass is 35.5. The summed E-state index contributed by atoms with van der Waals surface area (Å²) in [6.45, 7) is 4.76. The van der Waals surface area contributed by atoms with Crippen LogP contribution in [0.3, 0.4) is 0 Å². The summed E-state index contributed by atoms with van der Waals surface area (Å²) in [5.74, 6) is -0.754. The average Bonchev–Trinajstić information content (AvgIpc) is 3.21. The molecule has 0 heterocycles. The van der Waals surface area contributed by atoms with Crippen LogP contribution in [-0.4, -0.2) is 34.6 Å². The molecule has 1 aromatic carbocycles. The zero-order valence-corrected chi connectivity index (χ0v) is 12.9. The Morgan fingerprint density at radius 2 is 2.10 bits per heavy atom. The number of nitrogens with zero attached hydrogens (tertiary/aromatic N) is 1. The van der Waals surface area contributed by atoms with E-state index in [1.807, 2.05) is 13.8 Å². The van der Waals surface area contributed by atoms with Crippen molar-refractivity contribution in [1.82, 2.24) is 4.90 Å². The summed E-state index contributed by atoms with van der Waals surface area (Å²) in [7, 11) is 0. The molecule has 0 spiro atoms. The van der Waals surface area contributed by atoms with Crippen molar-refractivity contribution in [3.63, 3.8) is 0 Å². The fraction of sp³-hybridized carbons (Fsp3) is 0.467. The largest absolute Gasteiger partial charge is 0.478 e. The van der Waals surface area contributed by atoms with E-state index >= 15 is 0 Å². The van der Waals surface area contributed by atoms with Gasteiger partial charge in [0.15, 0.2) is 0 Å². The number of carbonyl (C=O) groups excluding carboxylic acids is 1. The lowest BCUT2D eigenvalue weighted by Crippen LogP contribution is -2.39. The molecule has 0 atom stereocenters. The number of amides is 2. The van der Waals surface area contributed by atoms with E-state index in [9.17, 15) is 14.7 Å². The van der Waals surface area contributed by atoms with Crippen LogP contribution in [0.2, 0.25) is 5.02 Å². The first-order chi connectivity index (χ1) is 9.88. The van der Waals surface area contributed by atoms with Crippen LogP contribution < -0.4 is 5.32 Å². The Balaban J connectivity index is 2.16. The third-order valence-corrected chi connectivity index (χ3v) is 3.50. The van der Waals surface area contributed by atoms with E-state index in [1.165, 1.54) is 12.1 Å². The number of carboxylic acids is 1. The molecule has 2 rings (SSSR count). The number of benzene rings is 1. The Hall–Kier alpha value is -1.75. The maximum atomic E-state index is 12.4.